The SMILES string of the molecule is N#Cc1nc(-n2c3cc4ccccc4cc3c3c4c5ccccc5n5c6ccccc6c(cc32)c45)nc2c1NCC=C2. The van der Waals surface area contributed by atoms with E-state index >= 15 is 0 Å². The fraction of sp³-hybridized carbons (Fsp3) is 0.0278. The van der Waals surface area contributed by atoms with Crippen molar-refractivity contribution in [2.75, 3.05) is 11.9 Å². The molecule has 4 aromatic heterocycles. The van der Waals surface area contributed by atoms with Crippen LogP contribution in [0.15, 0.2) is 97.1 Å². The number of hydrogen-bond acceptors (Lipinski definition) is 4. The number of nitrogens with one attached hydrogen (secondary N) is 1. The van der Waals surface area contributed by atoms with Gasteiger partial charge in [-0.1, -0.05) is 66.7 Å². The lowest BCUT2D eigenvalue weighted by Crippen LogP contribution is -2.12. The second-order valence-electron chi connectivity index (χ2n) is 11.0. The predicted octanol–water partition coefficient (Wildman–Crippen LogP) is 8.19. The molecule has 0 atom stereocenters. The van der Waals surface area contributed by atoms with E-state index in [4.69, 9.17) is 9.97 Å². The van der Waals surface area contributed by atoms with Crippen LogP contribution >= 0.6 is 0 Å². The highest BCUT2D eigenvalue weighted by Gasteiger charge is 2.26. The Bertz CT molecular complexity index is 2700. The maximum atomic E-state index is 10.1. The van der Waals surface area contributed by atoms with Gasteiger partial charge in [0.15, 0.2) is 5.69 Å². The van der Waals surface area contributed by atoms with Crippen LogP contribution in [0.1, 0.15) is 11.4 Å². The van der Waals surface area contributed by atoms with Gasteiger partial charge in [0.05, 0.1) is 39.0 Å². The van der Waals surface area contributed by atoms with Gasteiger partial charge >= 0.3 is 0 Å². The van der Waals surface area contributed by atoms with Crippen LogP contribution < -0.4 is 5.32 Å². The number of nitriles is 1. The van der Waals surface area contributed by atoms with E-state index in [1.807, 2.05) is 12.2 Å². The first-order valence-electron chi connectivity index (χ1n) is 14.1. The van der Waals surface area contributed by atoms with E-state index in [-0.39, 0.29) is 0 Å². The Morgan fingerprint density at radius 2 is 1.43 bits per heavy atom. The van der Waals surface area contributed by atoms with Gasteiger partial charge in [0, 0.05) is 38.9 Å². The van der Waals surface area contributed by atoms with Crippen molar-refractivity contribution in [3.05, 3.63) is 108 Å². The minimum absolute atomic E-state index is 0.350. The van der Waals surface area contributed by atoms with Crippen molar-refractivity contribution in [1.82, 2.24) is 18.9 Å². The van der Waals surface area contributed by atoms with Crippen molar-refractivity contribution in [3.63, 3.8) is 0 Å². The van der Waals surface area contributed by atoms with Crippen molar-refractivity contribution in [2.24, 2.45) is 0 Å². The molecule has 0 unspecified atom stereocenters. The highest BCUT2D eigenvalue weighted by atomic mass is 15.2. The maximum absolute atomic E-state index is 10.1. The first-order valence-corrected chi connectivity index (χ1v) is 14.1. The van der Waals surface area contributed by atoms with E-state index < -0.39 is 0 Å². The predicted molar refractivity (Wildman–Crippen MR) is 171 cm³/mol. The maximum Gasteiger partial charge on any atom is 0.236 e. The molecule has 0 aliphatic carbocycles. The fourth-order valence-corrected chi connectivity index (χ4v) is 7.19. The molecule has 0 spiro atoms. The highest BCUT2D eigenvalue weighted by Crippen LogP contribution is 2.47. The molecule has 0 saturated heterocycles. The first-order chi connectivity index (χ1) is 20.8. The molecule has 0 fully saturated rings. The van der Waals surface area contributed by atoms with Crippen LogP contribution in [0.3, 0.4) is 0 Å². The molecule has 5 aromatic carbocycles. The average molecular weight is 537 g/mol. The third kappa shape index (κ3) is 2.58. The monoisotopic (exact) mass is 536 g/mol. The lowest BCUT2D eigenvalue weighted by molar-refractivity contribution is 0.968. The van der Waals surface area contributed by atoms with Crippen LogP contribution in [0.2, 0.25) is 0 Å². The summed E-state index contributed by atoms with van der Waals surface area (Å²) in [6, 6.07) is 34.9. The zero-order valence-corrected chi connectivity index (χ0v) is 22.3. The minimum atomic E-state index is 0.350. The molecule has 10 rings (SSSR count). The molecule has 0 radical (unpaired) electrons. The molecular formula is C36H20N6. The highest BCUT2D eigenvalue weighted by molar-refractivity contribution is 6.36. The van der Waals surface area contributed by atoms with Crippen LogP contribution in [-0.2, 0) is 0 Å². The fourth-order valence-electron chi connectivity index (χ4n) is 7.19. The third-order valence-corrected chi connectivity index (χ3v) is 8.87. The van der Waals surface area contributed by atoms with Gasteiger partial charge in [-0.15, -0.1) is 0 Å². The number of para-hydroxylation sites is 2. The lowest BCUT2D eigenvalue weighted by Gasteiger charge is -2.15. The Morgan fingerprint density at radius 1 is 0.690 bits per heavy atom. The Hall–Kier alpha value is -5.93. The third-order valence-electron chi connectivity index (χ3n) is 8.87. The molecule has 42 heavy (non-hydrogen) atoms. The van der Waals surface area contributed by atoms with Gasteiger partial charge in [-0.05, 0) is 47.2 Å². The Morgan fingerprint density at radius 3 is 2.26 bits per heavy atom. The number of nitrogens with zero attached hydrogens (tertiary/aromatic N) is 5. The summed E-state index contributed by atoms with van der Waals surface area (Å²) in [5.41, 5.74) is 7.43. The standard InChI is InChI=1S/C36H20N6/c37-19-27-34-26(12-7-15-38-34)39-36(40-27)42-30-17-21-9-2-1-8-20(21)16-25(30)32-31(42)18-24-22-10-3-5-13-28(22)41-29-14-6-4-11-23(29)33(32)35(24)41/h1-14,16-18,38H,15H2. The largest absolute Gasteiger partial charge is 0.377 e. The minimum Gasteiger partial charge on any atom is -0.377 e. The number of anilines is 1. The summed E-state index contributed by atoms with van der Waals surface area (Å²) in [5.74, 6) is 0.496. The number of rotatable bonds is 1. The molecule has 0 amide bonds. The molecule has 6 nitrogen and oxygen atoms in total. The number of hydrogen-bond donors (Lipinski definition) is 1. The second-order valence-corrected chi connectivity index (χ2v) is 11.0. The molecule has 194 valence electrons. The van der Waals surface area contributed by atoms with Crippen molar-refractivity contribution >= 4 is 82.4 Å². The first kappa shape index (κ1) is 21.8. The van der Waals surface area contributed by atoms with Gasteiger partial charge in [0.25, 0.3) is 0 Å². The van der Waals surface area contributed by atoms with Crippen LogP contribution in [-0.4, -0.2) is 25.5 Å². The Labute approximate surface area is 238 Å². The number of aromatic nitrogens is 4. The smallest absolute Gasteiger partial charge is 0.236 e. The normalized spacial score (nSPS) is 13.2. The molecule has 0 bridgehead atoms. The molecule has 0 saturated carbocycles. The molecule has 1 N–H and O–H groups in total. The quantitative estimate of drug-likeness (QED) is 0.230. The van der Waals surface area contributed by atoms with Gasteiger partial charge in [-0.2, -0.15) is 10.2 Å². The van der Waals surface area contributed by atoms with Crippen LogP contribution in [0.25, 0.3) is 82.7 Å². The summed E-state index contributed by atoms with van der Waals surface area (Å²) in [7, 11) is 0. The summed E-state index contributed by atoms with van der Waals surface area (Å²) < 4.78 is 4.57. The number of benzene rings is 5. The van der Waals surface area contributed by atoms with Crippen molar-refractivity contribution in [2.45, 2.75) is 0 Å². The summed E-state index contributed by atoms with van der Waals surface area (Å²) in [6.07, 6.45) is 4.00. The van der Waals surface area contributed by atoms with E-state index in [1.54, 1.807) is 0 Å². The van der Waals surface area contributed by atoms with Gasteiger partial charge in [0.1, 0.15) is 6.07 Å². The topological polar surface area (TPSA) is 70.9 Å². The summed E-state index contributed by atoms with van der Waals surface area (Å²) in [6.45, 7) is 0.649. The second kappa shape index (κ2) is 7.62. The van der Waals surface area contributed by atoms with Crippen molar-refractivity contribution < 1.29 is 0 Å². The summed E-state index contributed by atoms with van der Waals surface area (Å²) in [5, 5.41) is 22.9. The van der Waals surface area contributed by atoms with Crippen LogP contribution in [0.5, 0.6) is 0 Å². The van der Waals surface area contributed by atoms with E-state index in [9.17, 15) is 5.26 Å². The zero-order valence-electron chi connectivity index (χ0n) is 22.3. The number of fused-ring (bicyclic) bond motifs is 12. The van der Waals surface area contributed by atoms with E-state index in [2.05, 4.69) is 111 Å². The molecule has 5 heterocycles. The summed E-state index contributed by atoms with van der Waals surface area (Å²) >= 11 is 0. The van der Waals surface area contributed by atoms with Gasteiger partial charge in [-0.25, -0.2) is 4.98 Å². The molecule has 9 aromatic rings. The Balaban J connectivity index is 1.51. The lowest BCUT2D eigenvalue weighted by atomic mass is 10.0. The van der Waals surface area contributed by atoms with Gasteiger partial charge in [-0.3, -0.25) is 4.57 Å². The van der Waals surface area contributed by atoms with Crippen LogP contribution in [0, 0.1) is 11.3 Å². The van der Waals surface area contributed by atoms with Gasteiger partial charge in [0.2, 0.25) is 5.95 Å². The molecule has 1 aliphatic rings. The van der Waals surface area contributed by atoms with E-state index in [0.717, 1.165) is 27.5 Å². The zero-order chi connectivity index (χ0) is 27.5. The van der Waals surface area contributed by atoms with E-state index in [0.29, 0.717) is 23.9 Å². The molecular weight excluding hydrogens is 516 g/mol. The molecule has 6 heteroatoms. The van der Waals surface area contributed by atoms with E-state index in [1.165, 1.54) is 48.9 Å². The van der Waals surface area contributed by atoms with Gasteiger partial charge < -0.3 is 9.72 Å². The Kier molecular flexibility index (Phi) is 3.96. The van der Waals surface area contributed by atoms with Crippen molar-refractivity contribution in [3.8, 4) is 12.0 Å². The van der Waals surface area contributed by atoms with Crippen LogP contribution in [0.4, 0.5) is 5.69 Å². The molecule has 1 aliphatic heterocycles. The van der Waals surface area contributed by atoms with Crippen molar-refractivity contribution in [1.29, 1.82) is 5.26 Å². The average Bonchev–Trinajstić information content (AvgIpc) is 3.67. The summed E-state index contributed by atoms with van der Waals surface area (Å²) in [4.78, 5) is 9.89.